The predicted molar refractivity (Wildman–Crippen MR) is 116 cm³/mol. The lowest BCUT2D eigenvalue weighted by atomic mass is 10.0. The molecule has 2 aromatic rings. The van der Waals surface area contributed by atoms with Gasteiger partial charge in [-0.2, -0.15) is 0 Å². The first kappa shape index (κ1) is 21.1. The molecule has 9 heteroatoms. The molecule has 1 N–H and O–H groups in total. The first-order chi connectivity index (χ1) is 14.6. The molecule has 8 nitrogen and oxygen atoms in total. The van der Waals surface area contributed by atoms with Crippen LogP contribution < -0.4 is 5.32 Å². The van der Waals surface area contributed by atoms with Crippen LogP contribution in [0.5, 0.6) is 0 Å². The van der Waals surface area contributed by atoms with Crippen molar-refractivity contribution in [1.82, 2.24) is 19.7 Å². The summed E-state index contributed by atoms with van der Waals surface area (Å²) in [5, 5.41) is 12.2. The zero-order valence-electron chi connectivity index (χ0n) is 17.5. The maximum Gasteiger partial charge on any atom is 0.322 e. The van der Waals surface area contributed by atoms with Gasteiger partial charge >= 0.3 is 6.03 Å². The number of carbonyl (C=O) groups excluding carboxylic acids is 1. The van der Waals surface area contributed by atoms with E-state index in [9.17, 15) is 4.79 Å². The van der Waals surface area contributed by atoms with Crippen LogP contribution in [-0.2, 0) is 16.5 Å². The number of aryl methyl sites for hydroxylation is 1. The first-order valence-corrected chi connectivity index (χ1v) is 11.4. The van der Waals surface area contributed by atoms with E-state index in [4.69, 9.17) is 9.47 Å². The van der Waals surface area contributed by atoms with Crippen molar-refractivity contribution in [2.45, 2.75) is 48.8 Å². The Labute approximate surface area is 181 Å². The minimum atomic E-state index is -0.0927. The summed E-state index contributed by atoms with van der Waals surface area (Å²) in [6.07, 6.45) is 5.02. The third kappa shape index (κ3) is 5.14. The fourth-order valence-corrected chi connectivity index (χ4v) is 4.73. The van der Waals surface area contributed by atoms with Gasteiger partial charge in [0.25, 0.3) is 0 Å². The SMILES string of the molecule is C[C@H](Sc1nncn1C)c1cccc(NC(=O)N2CCO[C@H]([C@H]3CCCCO3)C2)c1. The zero-order valence-corrected chi connectivity index (χ0v) is 18.3. The molecule has 3 heterocycles. The third-order valence-electron chi connectivity index (χ3n) is 5.57. The molecule has 0 radical (unpaired) electrons. The third-order valence-corrected chi connectivity index (χ3v) is 6.78. The van der Waals surface area contributed by atoms with Gasteiger partial charge in [-0.05, 0) is 43.9 Å². The van der Waals surface area contributed by atoms with E-state index in [-0.39, 0.29) is 23.5 Å². The van der Waals surface area contributed by atoms with Crippen molar-refractivity contribution < 1.29 is 14.3 Å². The number of amides is 2. The molecule has 2 amide bonds. The summed E-state index contributed by atoms with van der Waals surface area (Å²) >= 11 is 1.64. The zero-order chi connectivity index (χ0) is 20.9. The maximum atomic E-state index is 12.9. The molecule has 0 aliphatic carbocycles. The van der Waals surface area contributed by atoms with E-state index < -0.39 is 0 Å². The Morgan fingerprint density at radius 3 is 2.90 bits per heavy atom. The lowest BCUT2D eigenvalue weighted by Crippen LogP contribution is -2.52. The summed E-state index contributed by atoms with van der Waals surface area (Å²) in [6, 6.07) is 7.88. The Morgan fingerprint density at radius 1 is 1.27 bits per heavy atom. The molecule has 0 saturated carbocycles. The molecule has 2 aliphatic rings. The molecule has 0 bridgehead atoms. The molecular formula is C21H29N5O3S. The predicted octanol–water partition coefficient (Wildman–Crippen LogP) is 3.47. The quantitative estimate of drug-likeness (QED) is 0.730. The van der Waals surface area contributed by atoms with Gasteiger partial charge < -0.3 is 24.3 Å². The van der Waals surface area contributed by atoms with Gasteiger partial charge in [0, 0.05) is 31.1 Å². The van der Waals surface area contributed by atoms with Crippen LogP contribution >= 0.6 is 11.8 Å². The minimum Gasteiger partial charge on any atom is -0.375 e. The second-order valence-electron chi connectivity index (χ2n) is 7.80. The fourth-order valence-electron chi connectivity index (χ4n) is 3.82. The van der Waals surface area contributed by atoms with E-state index in [0.29, 0.717) is 19.7 Å². The van der Waals surface area contributed by atoms with Crippen LogP contribution in [0.25, 0.3) is 0 Å². The molecule has 4 rings (SSSR count). The van der Waals surface area contributed by atoms with E-state index in [2.05, 4.69) is 28.5 Å². The van der Waals surface area contributed by atoms with Crippen molar-refractivity contribution in [2.75, 3.05) is 31.6 Å². The molecule has 3 atom stereocenters. The largest absolute Gasteiger partial charge is 0.375 e. The van der Waals surface area contributed by atoms with Gasteiger partial charge in [0.15, 0.2) is 5.16 Å². The highest BCUT2D eigenvalue weighted by molar-refractivity contribution is 7.99. The molecule has 30 heavy (non-hydrogen) atoms. The number of morpholine rings is 1. The topological polar surface area (TPSA) is 81.5 Å². The number of benzene rings is 1. The number of anilines is 1. The lowest BCUT2D eigenvalue weighted by molar-refractivity contribution is -0.117. The van der Waals surface area contributed by atoms with E-state index in [1.807, 2.05) is 34.7 Å². The van der Waals surface area contributed by atoms with Crippen molar-refractivity contribution >= 4 is 23.5 Å². The minimum absolute atomic E-state index is 0.0426. The van der Waals surface area contributed by atoms with Crippen LogP contribution in [0.2, 0.25) is 0 Å². The van der Waals surface area contributed by atoms with Crippen LogP contribution in [0.1, 0.15) is 37.0 Å². The highest BCUT2D eigenvalue weighted by atomic mass is 32.2. The monoisotopic (exact) mass is 431 g/mol. The van der Waals surface area contributed by atoms with Crippen LogP contribution in [0.3, 0.4) is 0 Å². The smallest absolute Gasteiger partial charge is 0.322 e. The second-order valence-corrected chi connectivity index (χ2v) is 9.11. The Balaban J connectivity index is 1.36. The van der Waals surface area contributed by atoms with Crippen molar-refractivity contribution in [1.29, 1.82) is 0 Å². The molecular weight excluding hydrogens is 402 g/mol. The molecule has 2 aliphatic heterocycles. The molecule has 2 saturated heterocycles. The number of nitrogens with one attached hydrogen (secondary N) is 1. The number of hydrogen-bond donors (Lipinski definition) is 1. The van der Waals surface area contributed by atoms with Gasteiger partial charge in [0.2, 0.25) is 0 Å². The fraction of sp³-hybridized carbons (Fsp3) is 0.571. The Morgan fingerprint density at radius 2 is 2.13 bits per heavy atom. The number of ether oxygens (including phenoxy) is 2. The number of thioether (sulfide) groups is 1. The number of urea groups is 1. The summed E-state index contributed by atoms with van der Waals surface area (Å²) in [5.41, 5.74) is 1.91. The average Bonchev–Trinajstić information content (AvgIpc) is 3.19. The van der Waals surface area contributed by atoms with E-state index in [0.717, 1.165) is 42.3 Å². The highest BCUT2D eigenvalue weighted by Crippen LogP contribution is 2.34. The van der Waals surface area contributed by atoms with Gasteiger partial charge in [-0.15, -0.1) is 10.2 Å². The summed E-state index contributed by atoms with van der Waals surface area (Å²) < 4.78 is 13.7. The van der Waals surface area contributed by atoms with Crippen molar-refractivity contribution in [3.63, 3.8) is 0 Å². The standard InChI is InChI=1S/C21H29N5O3S/c1-15(30-21-24-22-14-25(21)2)16-6-5-7-17(12-16)23-20(27)26-9-11-29-19(13-26)18-8-3-4-10-28-18/h5-7,12,14-15,18-19H,3-4,8-11,13H2,1-2H3,(H,23,27)/t15-,18+,19-/m0/s1. The number of nitrogens with zero attached hydrogens (tertiary/aromatic N) is 4. The number of aromatic nitrogens is 3. The summed E-state index contributed by atoms with van der Waals surface area (Å²) in [4.78, 5) is 14.7. The van der Waals surface area contributed by atoms with E-state index in [1.54, 1.807) is 18.1 Å². The Kier molecular flexibility index (Phi) is 6.91. The van der Waals surface area contributed by atoms with Gasteiger partial charge in [-0.1, -0.05) is 23.9 Å². The second kappa shape index (κ2) is 9.80. The van der Waals surface area contributed by atoms with Crippen LogP contribution in [0, 0.1) is 0 Å². The average molecular weight is 432 g/mol. The molecule has 1 aromatic heterocycles. The van der Waals surface area contributed by atoms with Crippen LogP contribution in [0.15, 0.2) is 35.7 Å². The molecule has 0 spiro atoms. The highest BCUT2D eigenvalue weighted by Gasteiger charge is 2.32. The van der Waals surface area contributed by atoms with Gasteiger partial charge in [-0.25, -0.2) is 4.79 Å². The lowest BCUT2D eigenvalue weighted by Gasteiger charge is -2.38. The normalized spacial score (nSPS) is 23.2. The Bertz CT molecular complexity index is 855. The number of rotatable bonds is 5. The van der Waals surface area contributed by atoms with E-state index >= 15 is 0 Å². The molecule has 162 valence electrons. The van der Waals surface area contributed by atoms with E-state index in [1.165, 1.54) is 0 Å². The molecule has 0 unspecified atom stereocenters. The number of carbonyl (C=O) groups is 1. The van der Waals surface area contributed by atoms with Gasteiger partial charge in [-0.3, -0.25) is 0 Å². The van der Waals surface area contributed by atoms with Crippen molar-refractivity contribution in [3.05, 3.63) is 36.2 Å². The van der Waals surface area contributed by atoms with Gasteiger partial charge in [0.05, 0.1) is 19.3 Å². The van der Waals surface area contributed by atoms with Crippen molar-refractivity contribution in [3.8, 4) is 0 Å². The molecule has 2 fully saturated rings. The summed E-state index contributed by atoms with van der Waals surface area (Å²) in [5.74, 6) is 0. The Hall–Kier alpha value is -2.10. The van der Waals surface area contributed by atoms with Crippen LogP contribution in [0.4, 0.5) is 10.5 Å². The van der Waals surface area contributed by atoms with Crippen LogP contribution in [-0.4, -0.2) is 64.2 Å². The van der Waals surface area contributed by atoms with Gasteiger partial charge in [0.1, 0.15) is 12.4 Å². The first-order valence-electron chi connectivity index (χ1n) is 10.5. The summed E-state index contributed by atoms with van der Waals surface area (Å²) in [7, 11) is 1.93. The summed E-state index contributed by atoms with van der Waals surface area (Å²) in [6.45, 7) is 4.61. The number of hydrogen-bond acceptors (Lipinski definition) is 6. The van der Waals surface area contributed by atoms with Crippen molar-refractivity contribution in [2.24, 2.45) is 7.05 Å². The molecule has 1 aromatic carbocycles. The maximum absolute atomic E-state index is 12.9.